The zero-order chi connectivity index (χ0) is 14.1. The van der Waals surface area contributed by atoms with Gasteiger partial charge in [-0.3, -0.25) is 0 Å². The van der Waals surface area contributed by atoms with Crippen LogP contribution < -0.4 is 11.1 Å². The van der Waals surface area contributed by atoms with Crippen LogP contribution in [-0.2, 0) is 6.42 Å². The van der Waals surface area contributed by atoms with Gasteiger partial charge in [0.25, 0.3) is 0 Å². The Balaban J connectivity index is 2.19. The predicted molar refractivity (Wildman–Crippen MR) is 71.5 cm³/mol. The number of hydrogen-bond donors (Lipinski definition) is 2. The van der Waals surface area contributed by atoms with Gasteiger partial charge in [0.15, 0.2) is 0 Å². The first-order valence-electron chi connectivity index (χ1n) is 6.43. The van der Waals surface area contributed by atoms with Gasteiger partial charge in [0, 0.05) is 5.56 Å². The molecule has 1 aliphatic heterocycles. The molecule has 20 heavy (non-hydrogen) atoms. The van der Waals surface area contributed by atoms with Crippen molar-refractivity contribution in [2.45, 2.75) is 25.7 Å². The minimum absolute atomic E-state index is 0.289. The van der Waals surface area contributed by atoms with E-state index in [1.807, 2.05) is 6.07 Å². The smallest absolute Gasteiger partial charge is 0.234 e. The molecular weight excluding hydrogens is 256 g/mol. The number of fused-ring (bicyclic) bond motifs is 1. The highest BCUT2D eigenvalue weighted by Gasteiger charge is 2.35. The molecule has 6 heteroatoms. The highest BCUT2D eigenvalue weighted by molar-refractivity contribution is 5.64. The molecule has 0 amide bonds. The lowest BCUT2D eigenvalue weighted by Crippen LogP contribution is -2.22. The summed E-state index contributed by atoms with van der Waals surface area (Å²) in [5.74, 6) is 0.518. The lowest BCUT2D eigenvalue weighted by molar-refractivity contribution is 0.424. The van der Waals surface area contributed by atoms with Crippen molar-refractivity contribution in [2.75, 3.05) is 5.32 Å². The molecule has 1 aliphatic rings. The molecule has 0 bridgehead atoms. The second kappa shape index (κ2) is 4.78. The molecule has 1 unspecified atom stereocenters. The minimum Gasteiger partial charge on any atom is -0.472 e. The number of nitrogens with one attached hydrogen (secondary N) is 1. The van der Waals surface area contributed by atoms with Gasteiger partial charge in [0.05, 0.1) is 41.3 Å². The molecule has 0 aromatic carbocycles. The van der Waals surface area contributed by atoms with Gasteiger partial charge in [-0.25, -0.2) is 0 Å². The first-order chi connectivity index (χ1) is 9.76. The topological polar surface area (TPSA) is 101 Å². The monoisotopic (exact) mass is 270 g/mol. The SMILES string of the molecule is CCCc1noc2c1C(c1ccoc1)C(C#N)=C(N)N2. The highest BCUT2D eigenvalue weighted by Crippen LogP contribution is 2.42. The summed E-state index contributed by atoms with van der Waals surface area (Å²) in [7, 11) is 0. The number of aryl methyl sites for hydroxylation is 1. The minimum atomic E-state index is -0.289. The molecule has 3 heterocycles. The molecule has 0 aliphatic carbocycles. The maximum atomic E-state index is 9.41. The number of rotatable bonds is 3. The zero-order valence-electron chi connectivity index (χ0n) is 11.0. The van der Waals surface area contributed by atoms with Gasteiger partial charge >= 0.3 is 0 Å². The summed E-state index contributed by atoms with van der Waals surface area (Å²) in [4.78, 5) is 0. The summed E-state index contributed by atoms with van der Waals surface area (Å²) in [6.07, 6.45) is 4.92. The zero-order valence-corrected chi connectivity index (χ0v) is 11.0. The molecule has 0 fully saturated rings. The summed E-state index contributed by atoms with van der Waals surface area (Å²) in [5, 5.41) is 16.4. The Morgan fingerprint density at radius 3 is 3.05 bits per heavy atom. The van der Waals surface area contributed by atoms with Crippen molar-refractivity contribution in [1.82, 2.24) is 5.16 Å². The number of nitrogens with two attached hydrogens (primary N) is 1. The van der Waals surface area contributed by atoms with Crippen LogP contribution in [0, 0.1) is 11.3 Å². The Bertz CT molecular complexity index is 691. The first-order valence-corrected chi connectivity index (χ1v) is 6.43. The number of nitriles is 1. The number of nitrogens with zero attached hydrogens (tertiary/aromatic N) is 2. The summed E-state index contributed by atoms with van der Waals surface area (Å²) < 4.78 is 10.5. The molecule has 2 aromatic rings. The van der Waals surface area contributed by atoms with E-state index in [1.54, 1.807) is 12.5 Å². The second-order valence-electron chi connectivity index (χ2n) is 4.68. The van der Waals surface area contributed by atoms with E-state index in [0.717, 1.165) is 29.7 Å². The number of allylic oxidation sites excluding steroid dienone is 1. The van der Waals surface area contributed by atoms with E-state index < -0.39 is 0 Å². The predicted octanol–water partition coefficient (Wildman–Crippen LogP) is 2.47. The quantitative estimate of drug-likeness (QED) is 0.888. The van der Waals surface area contributed by atoms with Crippen molar-refractivity contribution in [1.29, 1.82) is 5.26 Å². The van der Waals surface area contributed by atoms with Crippen molar-refractivity contribution in [3.8, 4) is 6.07 Å². The van der Waals surface area contributed by atoms with Gasteiger partial charge in [-0.15, -0.1) is 0 Å². The fraction of sp³-hybridized carbons (Fsp3) is 0.286. The van der Waals surface area contributed by atoms with Gasteiger partial charge in [0.1, 0.15) is 5.82 Å². The molecule has 0 radical (unpaired) electrons. The van der Waals surface area contributed by atoms with Crippen LogP contribution in [0.15, 0.2) is 38.9 Å². The van der Waals surface area contributed by atoms with Crippen molar-refractivity contribution in [2.24, 2.45) is 5.73 Å². The molecule has 0 spiro atoms. The van der Waals surface area contributed by atoms with Gasteiger partial charge in [0.2, 0.25) is 5.88 Å². The second-order valence-corrected chi connectivity index (χ2v) is 4.68. The Labute approximate surface area is 115 Å². The normalized spacial score (nSPS) is 17.5. The standard InChI is InChI=1S/C14H14N4O2/c1-2-3-10-12-11(8-4-5-19-7-8)9(6-15)13(16)17-14(12)20-18-10/h4-5,7,11,17H,2-3,16H2,1H3. The fourth-order valence-electron chi connectivity index (χ4n) is 2.52. The van der Waals surface area contributed by atoms with Crippen LogP contribution in [0.1, 0.15) is 36.1 Å². The van der Waals surface area contributed by atoms with E-state index in [4.69, 9.17) is 14.7 Å². The lowest BCUT2D eigenvalue weighted by Gasteiger charge is -2.22. The van der Waals surface area contributed by atoms with E-state index in [1.165, 1.54) is 0 Å². The first kappa shape index (κ1) is 12.4. The van der Waals surface area contributed by atoms with E-state index in [2.05, 4.69) is 23.5 Å². The summed E-state index contributed by atoms with van der Waals surface area (Å²) >= 11 is 0. The Hall–Kier alpha value is -2.68. The molecular formula is C14H14N4O2. The van der Waals surface area contributed by atoms with Crippen LogP contribution in [-0.4, -0.2) is 5.16 Å². The maximum absolute atomic E-state index is 9.41. The van der Waals surface area contributed by atoms with Gasteiger partial charge in [-0.05, 0) is 12.5 Å². The third-order valence-electron chi connectivity index (χ3n) is 3.40. The van der Waals surface area contributed by atoms with Gasteiger partial charge in [-0.1, -0.05) is 18.5 Å². The fourth-order valence-corrected chi connectivity index (χ4v) is 2.52. The van der Waals surface area contributed by atoms with Crippen LogP contribution in [0.4, 0.5) is 5.88 Å². The Morgan fingerprint density at radius 2 is 2.40 bits per heavy atom. The molecule has 0 saturated heterocycles. The van der Waals surface area contributed by atoms with Crippen LogP contribution in [0.2, 0.25) is 0 Å². The molecule has 3 rings (SSSR count). The van der Waals surface area contributed by atoms with Crippen molar-refractivity contribution in [3.63, 3.8) is 0 Å². The lowest BCUT2D eigenvalue weighted by atomic mass is 9.84. The molecule has 0 saturated carbocycles. The van der Waals surface area contributed by atoms with E-state index in [9.17, 15) is 5.26 Å². The third kappa shape index (κ3) is 1.75. The van der Waals surface area contributed by atoms with E-state index in [0.29, 0.717) is 17.3 Å². The summed E-state index contributed by atoms with van der Waals surface area (Å²) in [5.41, 5.74) is 8.96. The van der Waals surface area contributed by atoms with Crippen molar-refractivity contribution in [3.05, 3.63) is 46.8 Å². The molecule has 6 nitrogen and oxygen atoms in total. The van der Waals surface area contributed by atoms with Crippen molar-refractivity contribution >= 4 is 5.88 Å². The average molecular weight is 270 g/mol. The van der Waals surface area contributed by atoms with Crippen LogP contribution in [0.25, 0.3) is 0 Å². The number of hydrogen-bond acceptors (Lipinski definition) is 6. The number of aromatic nitrogens is 1. The van der Waals surface area contributed by atoms with E-state index >= 15 is 0 Å². The maximum Gasteiger partial charge on any atom is 0.234 e. The van der Waals surface area contributed by atoms with Crippen LogP contribution in [0.3, 0.4) is 0 Å². The summed E-state index contributed by atoms with van der Waals surface area (Å²) in [6, 6.07) is 4.00. The van der Waals surface area contributed by atoms with Crippen LogP contribution >= 0.6 is 0 Å². The molecule has 102 valence electrons. The number of anilines is 1. The van der Waals surface area contributed by atoms with Crippen molar-refractivity contribution < 1.29 is 8.94 Å². The molecule has 1 atom stereocenters. The average Bonchev–Trinajstić information content (AvgIpc) is 3.08. The van der Waals surface area contributed by atoms with Gasteiger partial charge < -0.3 is 20.0 Å². The largest absolute Gasteiger partial charge is 0.472 e. The Morgan fingerprint density at radius 1 is 1.55 bits per heavy atom. The molecule has 3 N–H and O–H groups in total. The van der Waals surface area contributed by atoms with E-state index in [-0.39, 0.29) is 5.92 Å². The summed E-state index contributed by atoms with van der Waals surface area (Å²) in [6.45, 7) is 2.07. The van der Waals surface area contributed by atoms with Gasteiger partial charge in [-0.2, -0.15) is 5.26 Å². The molecule has 2 aromatic heterocycles. The third-order valence-corrected chi connectivity index (χ3v) is 3.40. The number of furan rings is 1. The van der Waals surface area contributed by atoms with Crippen LogP contribution in [0.5, 0.6) is 0 Å². The highest BCUT2D eigenvalue weighted by atomic mass is 16.5. The Kier molecular flexibility index (Phi) is 2.95.